The molecule has 2 aromatic carbocycles. The molecule has 0 saturated heterocycles. The molecule has 1 aliphatic rings. The van der Waals surface area contributed by atoms with Crippen LogP contribution in [0.3, 0.4) is 0 Å². The molecule has 0 spiro atoms. The average molecular weight is 459 g/mol. The second-order valence-electron chi connectivity index (χ2n) is 6.54. The number of hydrogen-bond donors (Lipinski definition) is 1. The van der Waals surface area contributed by atoms with Crippen LogP contribution < -0.4 is 5.48 Å². The van der Waals surface area contributed by atoms with Gasteiger partial charge in [-0.05, 0) is 54.0 Å². The molecular formula is C20H15Cl2F3N2O3. The molecule has 3 rings (SSSR count). The molecule has 0 aromatic heterocycles. The molecule has 1 N–H and O–H groups in total. The van der Waals surface area contributed by atoms with Crippen molar-refractivity contribution < 1.29 is 27.6 Å². The lowest BCUT2D eigenvalue weighted by atomic mass is 9.91. The number of carbonyl (C=O) groups excluding carboxylic acids is 1. The molecule has 158 valence electrons. The van der Waals surface area contributed by atoms with Gasteiger partial charge in [-0.15, -0.1) is 0 Å². The first-order valence-electron chi connectivity index (χ1n) is 8.54. The van der Waals surface area contributed by atoms with Gasteiger partial charge in [0.1, 0.15) is 0 Å². The number of nitrogens with zero attached hydrogens (tertiary/aromatic N) is 1. The fourth-order valence-electron chi connectivity index (χ4n) is 2.90. The average Bonchev–Trinajstić information content (AvgIpc) is 3.09. The van der Waals surface area contributed by atoms with Gasteiger partial charge >= 0.3 is 12.1 Å². The maximum absolute atomic E-state index is 14.0. The molecule has 1 unspecified atom stereocenters. The van der Waals surface area contributed by atoms with E-state index < -0.39 is 17.7 Å². The number of hydroxylamine groups is 1. The zero-order valence-electron chi connectivity index (χ0n) is 15.7. The molecule has 1 heterocycles. The monoisotopic (exact) mass is 458 g/mol. The summed E-state index contributed by atoms with van der Waals surface area (Å²) in [7, 11) is 0. The van der Waals surface area contributed by atoms with E-state index in [4.69, 9.17) is 28.0 Å². The van der Waals surface area contributed by atoms with Crippen LogP contribution in [0, 0.1) is 6.92 Å². The van der Waals surface area contributed by atoms with E-state index in [1.807, 2.05) is 0 Å². The van der Waals surface area contributed by atoms with E-state index in [-0.39, 0.29) is 21.3 Å². The number of rotatable bonds is 4. The van der Waals surface area contributed by atoms with E-state index in [1.54, 1.807) is 25.1 Å². The largest absolute Gasteiger partial charge is 0.428 e. The zero-order valence-corrected chi connectivity index (χ0v) is 17.2. The van der Waals surface area contributed by atoms with Gasteiger partial charge in [0, 0.05) is 22.5 Å². The van der Waals surface area contributed by atoms with Gasteiger partial charge < -0.3 is 4.84 Å². The van der Waals surface area contributed by atoms with Gasteiger partial charge in [0.2, 0.25) is 5.60 Å². The number of oxime groups is 1. The van der Waals surface area contributed by atoms with Gasteiger partial charge in [0.15, 0.2) is 0 Å². The van der Waals surface area contributed by atoms with Crippen LogP contribution in [0.25, 0.3) is 5.70 Å². The van der Waals surface area contributed by atoms with Crippen LogP contribution in [0.15, 0.2) is 47.6 Å². The van der Waals surface area contributed by atoms with Crippen LogP contribution in [0.1, 0.15) is 29.2 Å². The first-order chi connectivity index (χ1) is 14.0. The van der Waals surface area contributed by atoms with E-state index in [0.717, 1.165) is 18.2 Å². The number of aryl methyl sites for hydroxylation is 1. The molecule has 1 atom stereocenters. The normalized spacial score (nSPS) is 19.0. The Kier molecular flexibility index (Phi) is 6.12. The summed E-state index contributed by atoms with van der Waals surface area (Å²) in [5.74, 6) is -0.567. The minimum atomic E-state index is -4.79. The Labute approximate surface area is 180 Å². The quantitative estimate of drug-likeness (QED) is 0.371. The summed E-state index contributed by atoms with van der Waals surface area (Å²) in [5, 5.41) is 3.65. The summed E-state index contributed by atoms with van der Waals surface area (Å²) in [4.78, 5) is 20.3. The summed E-state index contributed by atoms with van der Waals surface area (Å²) in [6.45, 7) is 2.95. The first kappa shape index (κ1) is 22.1. The Hall–Kier alpha value is -2.55. The number of halogens is 5. The minimum Gasteiger partial charge on any atom is -0.319 e. The molecule has 1 aliphatic heterocycles. The fourth-order valence-corrected chi connectivity index (χ4v) is 3.43. The van der Waals surface area contributed by atoms with Gasteiger partial charge in [-0.1, -0.05) is 40.5 Å². The first-order valence-corrected chi connectivity index (χ1v) is 9.29. The highest BCUT2D eigenvalue weighted by atomic mass is 35.5. The van der Waals surface area contributed by atoms with Crippen LogP contribution in [0.5, 0.6) is 0 Å². The van der Waals surface area contributed by atoms with Crippen molar-refractivity contribution in [1.29, 1.82) is 0 Å². The third-order valence-electron chi connectivity index (χ3n) is 4.34. The molecule has 0 saturated carbocycles. The fraction of sp³-hybridized carbons (Fsp3) is 0.200. The van der Waals surface area contributed by atoms with E-state index in [2.05, 4.69) is 15.5 Å². The second-order valence-corrected chi connectivity index (χ2v) is 7.42. The zero-order chi connectivity index (χ0) is 22.1. The van der Waals surface area contributed by atoms with Gasteiger partial charge in [-0.3, -0.25) is 10.3 Å². The lowest BCUT2D eigenvalue weighted by Gasteiger charge is -2.28. The van der Waals surface area contributed by atoms with Crippen molar-refractivity contribution in [3.63, 3.8) is 0 Å². The predicted octanol–water partition coefficient (Wildman–Crippen LogP) is 5.53. The molecule has 0 amide bonds. The van der Waals surface area contributed by atoms with Gasteiger partial charge in [0.05, 0.1) is 11.9 Å². The van der Waals surface area contributed by atoms with E-state index in [1.165, 1.54) is 19.2 Å². The van der Waals surface area contributed by atoms with Crippen LogP contribution >= 0.6 is 23.2 Å². The van der Waals surface area contributed by atoms with Crippen molar-refractivity contribution in [2.75, 3.05) is 0 Å². The lowest BCUT2D eigenvalue weighted by molar-refractivity contribution is -0.269. The summed E-state index contributed by atoms with van der Waals surface area (Å²) < 4.78 is 42.1. The number of alkyl halides is 3. The van der Waals surface area contributed by atoms with Crippen molar-refractivity contribution in [2.45, 2.75) is 25.6 Å². The van der Waals surface area contributed by atoms with Crippen LogP contribution in [-0.4, -0.2) is 18.4 Å². The van der Waals surface area contributed by atoms with Crippen LogP contribution in [-0.2, 0) is 20.1 Å². The van der Waals surface area contributed by atoms with Crippen molar-refractivity contribution in [2.24, 2.45) is 5.16 Å². The SMILES string of the molecule is CC(=O)ON=Cc1ccc(C2=CC(c3cc(Cl)cc(Cl)c3)(C(F)(F)F)ON2)cc1C. The summed E-state index contributed by atoms with van der Waals surface area (Å²) in [6.07, 6.45) is -2.51. The Bertz CT molecular complexity index is 1030. The van der Waals surface area contributed by atoms with Gasteiger partial charge in [-0.25, -0.2) is 4.79 Å². The topological polar surface area (TPSA) is 59.9 Å². The minimum absolute atomic E-state index is 0.0545. The Morgan fingerprint density at radius 2 is 1.87 bits per heavy atom. The number of hydrogen-bond acceptors (Lipinski definition) is 5. The van der Waals surface area contributed by atoms with Crippen molar-refractivity contribution in [3.8, 4) is 0 Å². The van der Waals surface area contributed by atoms with Gasteiger partial charge in [0.25, 0.3) is 0 Å². The second kappa shape index (κ2) is 8.29. The number of nitrogens with one attached hydrogen (secondary N) is 1. The summed E-state index contributed by atoms with van der Waals surface area (Å²) in [6, 6.07) is 8.51. The van der Waals surface area contributed by atoms with E-state index >= 15 is 0 Å². The standard InChI is InChI=1S/C20H15Cl2F3N2O3/c1-11-5-13(3-4-14(11)10-26-29-12(2)28)18-9-19(30-27-18,20(23,24)25)15-6-16(21)8-17(22)7-15/h3-10,27H,1-2H3. The molecule has 5 nitrogen and oxygen atoms in total. The number of benzene rings is 2. The van der Waals surface area contributed by atoms with Crippen molar-refractivity contribution in [3.05, 3.63) is 74.8 Å². The third-order valence-corrected chi connectivity index (χ3v) is 4.77. The maximum Gasteiger partial charge on any atom is 0.428 e. The molecule has 0 radical (unpaired) electrons. The summed E-state index contributed by atoms with van der Waals surface area (Å²) in [5.41, 5.74) is 1.25. The smallest absolute Gasteiger partial charge is 0.319 e. The van der Waals surface area contributed by atoms with Gasteiger partial charge in [-0.2, -0.15) is 13.2 Å². The van der Waals surface area contributed by atoms with E-state index in [9.17, 15) is 18.0 Å². The Morgan fingerprint density at radius 1 is 1.20 bits per heavy atom. The highest BCUT2D eigenvalue weighted by molar-refractivity contribution is 6.34. The Morgan fingerprint density at radius 3 is 2.43 bits per heavy atom. The molecule has 2 aromatic rings. The van der Waals surface area contributed by atoms with Crippen LogP contribution in [0.4, 0.5) is 13.2 Å². The molecule has 10 heteroatoms. The highest BCUT2D eigenvalue weighted by Gasteiger charge is 2.59. The Balaban J connectivity index is 2.00. The predicted molar refractivity (Wildman–Crippen MR) is 107 cm³/mol. The molecule has 0 aliphatic carbocycles. The summed E-state index contributed by atoms with van der Waals surface area (Å²) >= 11 is 11.8. The highest BCUT2D eigenvalue weighted by Crippen LogP contribution is 2.48. The maximum atomic E-state index is 14.0. The van der Waals surface area contributed by atoms with Crippen molar-refractivity contribution >= 4 is 41.1 Å². The molecular weight excluding hydrogens is 444 g/mol. The number of carbonyl (C=O) groups is 1. The lowest BCUT2D eigenvalue weighted by Crippen LogP contribution is -2.42. The van der Waals surface area contributed by atoms with Crippen molar-refractivity contribution in [1.82, 2.24) is 5.48 Å². The molecule has 0 bridgehead atoms. The van der Waals surface area contributed by atoms with Crippen LogP contribution in [0.2, 0.25) is 10.0 Å². The van der Waals surface area contributed by atoms with E-state index in [0.29, 0.717) is 16.7 Å². The molecule has 30 heavy (non-hydrogen) atoms. The third kappa shape index (κ3) is 4.45. The molecule has 0 fully saturated rings.